The van der Waals surface area contributed by atoms with Crippen LogP contribution < -0.4 is 15.8 Å². The van der Waals surface area contributed by atoms with Crippen LogP contribution in [0.5, 0.6) is 5.88 Å². The van der Waals surface area contributed by atoms with Gasteiger partial charge >= 0.3 is 5.97 Å². The summed E-state index contributed by atoms with van der Waals surface area (Å²) in [5.41, 5.74) is 7.87. The van der Waals surface area contributed by atoms with Gasteiger partial charge in [0.15, 0.2) is 0 Å². The van der Waals surface area contributed by atoms with Crippen molar-refractivity contribution in [3.05, 3.63) is 47.4 Å². The molecule has 0 aliphatic carbocycles. The van der Waals surface area contributed by atoms with Gasteiger partial charge in [-0.3, -0.25) is 0 Å². The number of nitrogens with zero attached hydrogens (tertiary/aromatic N) is 3. The smallest absolute Gasteiger partial charge is 0.340 e. The number of methoxy groups -OCH3 is 1. The Morgan fingerprint density at radius 3 is 2.60 bits per heavy atom. The first-order chi connectivity index (χ1) is 14.2. The summed E-state index contributed by atoms with van der Waals surface area (Å²) < 4.78 is 10.7. The highest BCUT2D eigenvalue weighted by atomic mass is 16.5. The molecule has 156 valence electrons. The normalized spacial score (nSPS) is 18.7. The zero-order chi connectivity index (χ0) is 21.6. The molecule has 8 heteroatoms. The van der Waals surface area contributed by atoms with Crippen molar-refractivity contribution in [2.45, 2.75) is 45.3 Å². The van der Waals surface area contributed by atoms with Crippen LogP contribution in [0, 0.1) is 0 Å². The van der Waals surface area contributed by atoms with Gasteiger partial charge in [-0.25, -0.2) is 19.7 Å². The lowest BCUT2D eigenvalue weighted by molar-refractivity contribution is 0.0235. The number of nitrogens with two attached hydrogens (primary N) is 1. The summed E-state index contributed by atoms with van der Waals surface area (Å²) in [7, 11) is 1.57. The van der Waals surface area contributed by atoms with Crippen LogP contribution in [0.1, 0.15) is 55.2 Å². The maximum absolute atomic E-state index is 12.1. The summed E-state index contributed by atoms with van der Waals surface area (Å²) >= 11 is 0. The van der Waals surface area contributed by atoms with E-state index < -0.39 is 5.54 Å². The van der Waals surface area contributed by atoms with Gasteiger partial charge in [0.1, 0.15) is 17.7 Å². The lowest BCUT2D eigenvalue weighted by Crippen LogP contribution is -2.29. The van der Waals surface area contributed by atoms with Gasteiger partial charge in [-0.2, -0.15) is 0 Å². The van der Waals surface area contributed by atoms with E-state index in [1.54, 1.807) is 31.6 Å². The van der Waals surface area contributed by atoms with E-state index in [-0.39, 0.29) is 18.0 Å². The summed E-state index contributed by atoms with van der Waals surface area (Å²) in [5, 5.41) is 4.91. The SMILES string of the molecule is COc1ncc(C(C)(C)N)c2cc(Nc3ccc4c(n3)[C@H](C)[C@@H](C)OC4=O)ncc12. The van der Waals surface area contributed by atoms with Gasteiger partial charge in [0.05, 0.1) is 23.8 Å². The largest absolute Gasteiger partial charge is 0.481 e. The van der Waals surface area contributed by atoms with Crippen molar-refractivity contribution in [3.63, 3.8) is 0 Å². The number of pyridine rings is 3. The molecule has 0 amide bonds. The van der Waals surface area contributed by atoms with Gasteiger partial charge in [-0.1, -0.05) is 6.92 Å². The number of carbonyl (C=O) groups is 1. The molecule has 1 aliphatic rings. The summed E-state index contributed by atoms with van der Waals surface area (Å²) in [5.74, 6) is 1.36. The van der Waals surface area contributed by atoms with Gasteiger partial charge in [-0.15, -0.1) is 0 Å². The number of rotatable bonds is 4. The van der Waals surface area contributed by atoms with Gasteiger partial charge in [-0.05, 0) is 49.9 Å². The third kappa shape index (κ3) is 3.43. The van der Waals surface area contributed by atoms with E-state index in [0.717, 1.165) is 22.0 Å². The summed E-state index contributed by atoms with van der Waals surface area (Å²) in [4.78, 5) is 25.6. The number of hydrogen-bond donors (Lipinski definition) is 2. The maximum atomic E-state index is 12.1. The summed E-state index contributed by atoms with van der Waals surface area (Å²) in [6.07, 6.45) is 3.22. The fourth-order valence-electron chi connectivity index (χ4n) is 3.61. The van der Waals surface area contributed by atoms with E-state index in [0.29, 0.717) is 23.1 Å². The van der Waals surface area contributed by atoms with Gasteiger partial charge in [0.2, 0.25) is 5.88 Å². The van der Waals surface area contributed by atoms with E-state index in [2.05, 4.69) is 20.3 Å². The second-order valence-corrected chi connectivity index (χ2v) is 8.17. The van der Waals surface area contributed by atoms with Crippen molar-refractivity contribution >= 4 is 28.4 Å². The number of carbonyl (C=O) groups excluding carboxylic acids is 1. The average molecular weight is 407 g/mol. The monoisotopic (exact) mass is 407 g/mol. The Balaban J connectivity index is 1.76. The van der Waals surface area contributed by atoms with Crippen LogP contribution in [0.3, 0.4) is 0 Å². The van der Waals surface area contributed by atoms with Gasteiger partial charge in [0, 0.05) is 23.9 Å². The third-order valence-corrected chi connectivity index (χ3v) is 5.45. The highest BCUT2D eigenvalue weighted by Crippen LogP contribution is 2.34. The van der Waals surface area contributed by atoms with Crippen molar-refractivity contribution in [1.29, 1.82) is 0 Å². The Hall–Kier alpha value is -3.26. The van der Waals surface area contributed by atoms with E-state index in [9.17, 15) is 4.79 Å². The molecule has 3 aromatic rings. The Bertz CT molecular complexity index is 1140. The standard InChI is InChI=1S/C22H25N5O3/c1-11-12(2)30-21(28)13-6-7-17(27-19(11)13)26-18-8-14-15(9-24-18)20(29-5)25-10-16(14)22(3,4)23/h6-12H,23H2,1-5H3,(H,24,26,27)/t11-,12-/m1/s1. The number of nitrogens with one attached hydrogen (secondary N) is 1. The number of esters is 1. The second kappa shape index (κ2) is 7.21. The molecule has 1 aliphatic heterocycles. The molecular formula is C22H25N5O3. The molecule has 4 heterocycles. The topological polar surface area (TPSA) is 112 Å². The fourth-order valence-corrected chi connectivity index (χ4v) is 3.61. The van der Waals surface area contributed by atoms with E-state index in [1.165, 1.54) is 0 Å². The Labute approximate surface area is 174 Å². The molecule has 3 N–H and O–H groups in total. The Morgan fingerprint density at radius 2 is 1.90 bits per heavy atom. The first-order valence-corrected chi connectivity index (χ1v) is 9.80. The summed E-state index contributed by atoms with van der Waals surface area (Å²) in [6, 6.07) is 5.39. The van der Waals surface area contributed by atoms with Crippen molar-refractivity contribution in [1.82, 2.24) is 15.0 Å². The molecule has 30 heavy (non-hydrogen) atoms. The summed E-state index contributed by atoms with van der Waals surface area (Å²) in [6.45, 7) is 7.72. The molecule has 0 saturated carbocycles. The van der Waals surface area contributed by atoms with Crippen LogP contribution in [0.2, 0.25) is 0 Å². The van der Waals surface area contributed by atoms with E-state index >= 15 is 0 Å². The average Bonchev–Trinajstić information content (AvgIpc) is 2.70. The number of hydrogen-bond acceptors (Lipinski definition) is 8. The lowest BCUT2D eigenvalue weighted by atomic mass is 9.93. The molecule has 3 aromatic heterocycles. The molecule has 4 rings (SSSR count). The molecule has 0 spiro atoms. The number of aromatic nitrogens is 3. The first-order valence-electron chi connectivity index (χ1n) is 9.80. The molecule has 0 unspecified atom stereocenters. The van der Waals surface area contributed by atoms with Gasteiger partial charge in [0.25, 0.3) is 0 Å². The van der Waals surface area contributed by atoms with Crippen LogP contribution in [-0.4, -0.2) is 34.1 Å². The minimum atomic E-state index is -0.591. The lowest BCUT2D eigenvalue weighted by Gasteiger charge is -2.27. The zero-order valence-electron chi connectivity index (χ0n) is 17.7. The number of cyclic esters (lactones) is 1. The van der Waals surface area contributed by atoms with E-state index in [1.807, 2.05) is 33.8 Å². The number of fused-ring (bicyclic) bond motifs is 2. The predicted molar refractivity (Wildman–Crippen MR) is 114 cm³/mol. The highest BCUT2D eigenvalue weighted by molar-refractivity contribution is 5.93. The third-order valence-electron chi connectivity index (χ3n) is 5.45. The van der Waals surface area contributed by atoms with Crippen LogP contribution in [0.15, 0.2) is 30.6 Å². The molecule has 2 atom stereocenters. The zero-order valence-corrected chi connectivity index (χ0v) is 17.7. The van der Waals surface area contributed by atoms with Crippen molar-refractivity contribution in [2.75, 3.05) is 12.4 Å². The molecule has 8 nitrogen and oxygen atoms in total. The minimum Gasteiger partial charge on any atom is -0.481 e. The fraction of sp³-hybridized carbons (Fsp3) is 0.364. The second-order valence-electron chi connectivity index (χ2n) is 8.17. The van der Waals surface area contributed by atoms with Crippen molar-refractivity contribution in [3.8, 4) is 5.88 Å². The molecule has 0 fully saturated rings. The quantitative estimate of drug-likeness (QED) is 0.631. The Kier molecular flexibility index (Phi) is 4.82. The van der Waals surface area contributed by atoms with Crippen LogP contribution in [0.25, 0.3) is 10.8 Å². The molecule has 0 aromatic carbocycles. The van der Waals surface area contributed by atoms with Crippen LogP contribution >= 0.6 is 0 Å². The van der Waals surface area contributed by atoms with Crippen molar-refractivity contribution < 1.29 is 14.3 Å². The first kappa shape index (κ1) is 20.0. The molecule has 0 radical (unpaired) electrons. The molecule has 0 saturated heterocycles. The minimum absolute atomic E-state index is 0.00369. The number of anilines is 2. The van der Waals surface area contributed by atoms with E-state index in [4.69, 9.17) is 15.2 Å². The van der Waals surface area contributed by atoms with Gasteiger partial charge < -0.3 is 20.5 Å². The van der Waals surface area contributed by atoms with Crippen molar-refractivity contribution in [2.24, 2.45) is 5.73 Å². The van der Waals surface area contributed by atoms with Crippen LogP contribution in [-0.2, 0) is 10.3 Å². The highest BCUT2D eigenvalue weighted by Gasteiger charge is 2.31. The molecular weight excluding hydrogens is 382 g/mol. The maximum Gasteiger partial charge on any atom is 0.340 e. The Morgan fingerprint density at radius 1 is 1.13 bits per heavy atom. The molecule has 0 bridgehead atoms. The van der Waals surface area contributed by atoms with Crippen LogP contribution in [0.4, 0.5) is 11.6 Å². The predicted octanol–water partition coefficient (Wildman–Crippen LogP) is 3.63. The number of ether oxygens (including phenoxy) is 2.